The van der Waals surface area contributed by atoms with Gasteiger partial charge in [0.25, 0.3) is 0 Å². The number of carboxylic acid groups (broad SMARTS) is 1. The Labute approximate surface area is 165 Å². The normalized spacial score (nSPS) is 10.3. The molecule has 0 radical (unpaired) electrons. The number of hydrogen-bond acceptors (Lipinski definition) is 6. The van der Waals surface area contributed by atoms with E-state index in [2.05, 4.69) is 9.97 Å². The first-order valence-electron chi connectivity index (χ1n) is 9.04. The van der Waals surface area contributed by atoms with E-state index in [4.69, 9.17) is 14.6 Å². The molecule has 0 aliphatic heterocycles. The number of aromatic nitrogens is 2. The fourth-order valence-corrected chi connectivity index (χ4v) is 2.17. The lowest BCUT2D eigenvalue weighted by Crippen LogP contribution is -2.09. The molecule has 0 bridgehead atoms. The standard InChI is InChI=1S/C11H15NO2.C10H13NO3/c1-7(2)14-11-6-5-10(9(4)13)12-8(11)3;1-6(2)14-9-5-4-8(10(12)13)11-7(9)3/h5-7H,1-4H3;4-6H,1-3H3,(H,12,13). The summed E-state index contributed by atoms with van der Waals surface area (Å²) in [5.41, 5.74) is 1.88. The van der Waals surface area contributed by atoms with Gasteiger partial charge in [-0.3, -0.25) is 4.79 Å². The van der Waals surface area contributed by atoms with Gasteiger partial charge in [-0.1, -0.05) is 0 Å². The number of Topliss-reactive ketones (excluding diaryl/α,β-unsaturated/α-hetero) is 1. The SMILES string of the molecule is CC(=O)c1ccc(OC(C)C)c(C)n1.Cc1nc(C(=O)O)ccc1OC(C)C. The van der Waals surface area contributed by atoms with Crippen molar-refractivity contribution in [3.05, 3.63) is 47.0 Å². The second-order valence-electron chi connectivity index (χ2n) is 6.75. The summed E-state index contributed by atoms with van der Waals surface area (Å²) in [6, 6.07) is 6.55. The third-order valence-corrected chi connectivity index (χ3v) is 3.38. The minimum absolute atomic E-state index is 0.0239. The molecule has 1 N–H and O–H groups in total. The van der Waals surface area contributed by atoms with E-state index in [1.165, 1.54) is 13.0 Å². The van der Waals surface area contributed by atoms with Gasteiger partial charge >= 0.3 is 5.97 Å². The van der Waals surface area contributed by atoms with Crippen LogP contribution in [0.2, 0.25) is 0 Å². The summed E-state index contributed by atoms with van der Waals surface area (Å²) in [4.78, 5) is 29.7. The summed E-state index contributed by atoms with van der Waals surface area (Å²) in [7, 11) is 0. The molecule has 2 aromatic heterocycles. The van der Waals surface area contributed by atoms with Crippen molar-refractivity contribution in [2.75, 3.05) is 0 Å². The molecule has 0 saturated heterocycles. The molecule has 28 heavy (non-hydrogen) atoms. The number of carbonyl (C=O) groups excluding carboxylic acids is 1. The van der Waals surface area contributed by atoms with Gasteiger partial charge in [0.05, 0.1) is 23.6 Å². The summed E-state index contributed by atoms with van der Waals surface area (Å²) < 4.78 is 10.9. The van der Waals surface area contributed by atoms with Crippen molar-refractivity contribution in [2.45, 2.75) is 60.7 Å². The second kappa shape index (κ2) is 10.4. The van der Waals surface area contributed by atoms with Gasteiger partial charge in [0.15, 0.2) is 5.78 Å². The maximum absolute atomic E-state index is 11.0. The number of aromatic carboxylic acids is 1. The number of nitrogens with zero attached hydrogens (tertiary/aromatic N) is 2. The van der Waals surface area contributed by atoms with Crippen LogP contribution in [-0.2, 0) is 0 Å². The van der Waals surface area contributed by atoms with E-state index in [0.29, 0.717) is 17.1 Å². The van der Waals surface area contributed by atoms with Gasteiger partial charge in [-0.2, -0.15) is 0 Å². The number of ether oxygens (including phenoxy) is 2. The molecule has 0 aliphatic rings. The highest BCUT2D eigenvalue weighted by Gasteiger charge is 2.09. The van der Waals surface area contributed by atoms with Crippen molar-refractivity contribution >= 4 is 11.8 Å². The van der Waals surface area contributed by atoms with Crippen molar-refractivity contribution in [1.29, 1.82) is 0 Å². The van der Waals surface area contributed by atoms with Crippen LogP contribution < -0.4 is 9.47 Å². The van der Waals surface area contributed by atoms with Crippen LogP contribution in [0.4, 0.5) is 0 Å². The van der Waals surface area contributed by atoms with Gasteiger partial charge in [-0.05, 0) is 65.8 Å². The first-order chi connectivity index (χ1) is 13.0. The molecule has 2 rings (SSSR count). The molecule has 0 aromatic carbocycles. The third-order valence-electron chi connectivity index (χ3n) is 3.38. The van der Waals surface area contributed by atoms with Crippen LogP contribution >= 0.6 is 0 Å². The molecule has 0 saturated carbocycles. The van der Waals surface area contributed by atoms with E-state index in [9.17, 15) is 9.59 Å². The van der Waals surface area contributed by atoms with E-state index < -0.39 is 5.97 Å². The molecule has 0 aliphatic carbocycles. The van der Waals surface area contributed by atoms with Crippen molar-refractivity contribution in [3.63, 3.8) is 0 Å². The third kappa shape index (κ3) is 7.34. The van der Waals surface area contributed by atoms with Gasteiger partial charge < -0.3 is 14.6 Å². The minimum atomic E-state index is -1.02. The molecule has 7 heteroatoms. The zero-order valence-corrected chi connectivity index (χ0v) is 17.4. The summed E-state index contributed by atoms with van der Waals surface area (Å²) >= 11 is 0. The summed E-state index contributed by atoms with van der Waals surface area (Å²) in [6.07, 6.45) is 0.185. The Kier molecular flexibility index (Phi) is 8.57. The average molecular weight is 388 g/mol. The second-order valence-corrected chi connectivity index (χ2v) is 6.75. The Hall–Kier alpha value is -2.96. The number of carboxylic acids is 1. The zero-order valence-electron chi connectivity index (χ0n) is 17.4. The fraction of sp³-hybridized carbons (Fsp3) is 0.429. The van der Waals surface area contributed by atoms with E-state index in [-0.39, 0.29) is 23.7 Å². The number of pyridine rings is 2. The monoisotopic (exact) mass is 388 g/mol. The van der Waals surface area contributed by atoms with E-state index in [0.717, 1.165) is 11.4 Å². The lowest BCUT2D eigenvalue weighted by Gasteiger charge is -2.11. The van der Waals surface area contributed by atoms with Gasteiger partial charge in [0.1, 0.15) is 22.9 Å². The highest BCUT2D eigenvalue weighted by Crippen LogP contribution is 2.18. The van der Waals surface area contributed by atoms with Crippen molar-refractivity contribution in [1.82, 2.24) is 9.97 Å². The highest BCUT2D eigenvalue weighted by atomic mass is 16.5. The van der Waals surface area contributed by atoms with Crippen LogP contribution in [-0.4, -0.2) is 39.0 Å². The average Bonchev–Trinajstić information content (AvgIpc) is 2.58. The van der Waals surface area contributed by atoms with Crippen molar-refractivity contribution < 1.29 is 24.2 Å². The molecule has 2 aromatic rings. The maximum Gasteiger partial charge on any atom is 0.354 e. The van der Waals surface area contributed by atoms with Crippen LogP contribution in [0.15, 0.2) is 24.3 Å². The Morgan fingerprint density at radius 2 is 1.21 bits per heavy atom. The maximum atomic E-state index is 11.0. The number of rotatable bonds is 6. The van der Waals surface area contributed by atoms with Crippen LogP contribution in [0.5, 0.6) is 11.5 Å². The number of ketones is 1. The first kappa shape index (κ1) is 23.1. The first-order valence-corrected chi connectivity index (χ1v) is 9.04. The van der Waals surface area contributed by atoms with Gasteiger partial charge in [0.2, 0.25) is 0 Å². The Bertz CT molecular complexity index is 762. The Balaban J connectivity index is 0.000000280. The molecule has 7 nitrogen and oxygen atoms in total. The van der Waals surface area contributed by atoms with E-state index in [1.54, 1.807) is 25.1 Å². The molecule has 0 atom stereocenters. The lowest BCUT2D eigenvalue weighted by molar-refractivity contribution is 0.0690. The topological polar surface area (TPSA) is 98.6 Å². The minimum Gasteiger partial charge on any atom is -0.489 e. The predicted molar refractivity (Wildman–Crippen MR) is 106 cm³/mol. The quantitative estimate of drug-likeness (QED) is 0.738. The van der Waals surface area contributed by atoms with Crippen LogP contribution in [0.3, 0.4) is 0 Å². The van der Waals surface area contributed by atoms with Crippen molar-refractivity contribution in [3.8, 4) is 11.5 Å². The summed E-state index contributed by atoms with van der Waals surface area (Å²) in [5.74, 6) is 0.323. The molecule has 152 valence electrons. The van der Waals surface area contributed by atoms with Crippen LogP contribution in [0, 0.1) is 13.8 Å². The molecule has 2 heterocycles. The number of aryl methyl sites for hydroxylation is 2. The molecule has 0 unspecified atom stereocenters. The van der Waals surface area contributed by atoms with Gasteiger partial charge in [-0.15, -0.1) is 0 Å². The predicted octanol–water partition coefficient (Wildman–Crippen LogP) is 4.26. The summed E-state index contributed by atoms with van der Waals surface area (Å²) in [5, 5.41) is 8.68. The van der Waals surface area contributed by atoms with E-state index >= 15 is 0 Å². The molecule has 0 fully saturated rings. The molecular weight excluding hydrogens is 360 g/mol. The van der Waals surface area contributed by atoms with E-state index in [1.807, 2.05) is 34.6 Å². The Morgan fingerprint density at radius 3 is 1.54 bits per heavy atom. The molecule has 0 spiro atoms. The summed E-state index contributed by atoms with van der Waals surface area (Å²) in [6.45, 7) is 12.8. The van der Waals surface area contributed by atoms with Gasteiger partial charge in [-0.25, -0.2) is 14.8 Å². The fourth-order valence-electron chi connectivity index (χ4n) is 2.17. The highest BCUT2D eigenvalue weighted by molar-refractivity contribution is 5.92. The largest absolute Gasteiger partial charge is 0.489 e. The van der Waals surface area contributed by atoms with Crippen LogP contribution in [0.25, 0.3) is 0 Å². The van der Waals surface area contributed by atoms with Crippen molar-refractivity contribution in [2.24, 2.45) is 0 Å². The number of hydrogen-bond donors (Lipinski definition) is 1. The zero-order chi connectivity index (χ0) is 21.4. The van der Waals surface area contributed by atoms with Gasteiger partial charge in [0, 0.05) is 6.92 Å². The lowest BCUT2D eigenvalue weighted by atomic mass is 10.2. The molecular formula is C21H28N2O5. The van der Waals surface area contributed by atoms with Crippen LogP contribution in [0.1, 0.15) is 67.0 Å². The number of carbonyl (C=O) groups is 2. The smallest absolute Gasteiger partial charge is 0.354 e. The molecule has 0 amide bonds. The Morgan fingerprint density at radius 1 is 0.821 bits per heavy atom.